The quantitative estimate of drug-likeness (QED) is 0.676. The van der Waals surface area contributed by atoms with Crippen LogP contribution >= 0.6 is 0 Å². The van der Waals surface area contributed by atoms with Gasteiger partial charge >= 0.3 is 0 Å². The van der Waals surface area contributed by atoms with Gasteiger partial charge in [-0.3, -0.25) is 0 Å². The number of benzene rings is 1. The summed E-state index contributed by atoms with van der Waals surface area (Å²) in [5.74, 6) is 0. The SMILES string of the molecule is C/C=C\c1ccccc1C.CO. The maximum atomic E-state index is 7.00. The Kier molecular flexibility index (Phi) is 6.02. The average molecular weight is 164 g/mol. The van der Waals surface area contributed by atoms with Gasteiger partial charge in [0, 0.05) is 7.11 Å². The number of allylic oxidation sites excluding steroid dienone is 1. The third-order valence-corrected chi connectivity index (χ3v) is 1.53. The van der Waals surface area contributed by atoms with E-state index in [1.807, 2.05) is 6.92 Å². The molecule has 0 fully saturated rings. The molecule has 0 atom stereocenters. The molecule has 0 aliphatic rings. The number of aliphatic hydroxyl groups is 1. The lowest BCUT2D eigenvalue weighted by molar-refractivity contribution is 0.399. The zero-order valence-corrected chi connectivity index (χ0v) is 7.91. The highest BCUT2D eigenvalue weighted by Crippen LogP contribution is 2.07. The molecule has 0 aliphatic heterocycles. The van der Waals surface area contributed by atoms with Crippen molar-refractivity contribution in [2.75, 3.05) is 7.11 Å². The molecule has 0 aromatic heterocycles. The van der Waals surface area contributed by atoms with Gasteiger partial charge < -0.3 is 5.11 Å². The second-order valence-electron chi connectivity index (χ2n) is 2.36. The first-order valence-corrected chi connectivity index (χ1v) is 3.97. The maximum Gasteiger partial charge on any atom is 0.0319 e. The van der Waals surface area contributed by atoms with Crippen molar-refractivity contribution in [2.24, 2.45) is 0 Å². The molecule has 66 valence electrons. The van der Waals surface area contributed by atoms with E-state index in [0.717, 1.165) is 7.11 Å². The fourth-order valence-electron chi connectivity index (χ4n) is 0.953. The molecule has 0 saturated heterocycles. The third kappa shape index (κ3) is 3.35. The fraction of sp³-hybridized carbons (Fsp3) is 0.273. The van der Waals surface area contributed by atoms with E-state index in [2.05, 4.69) is 43.3 Å². The molecule has 0 amide bonds. The molecule has 1 nitrogen and oxygen atoms in total. The molecule has 1 aromatic rings. The van der Waals surface area contributed by atoms with E-state index in [4.69, 9.17) is 5.11 Å². The van der Waals surface area contributed by atoms with E-state index < -0.39 is 0 Å². The Hall–Kier alpha value is -1.08. The first-order chi connectivity index (χ1) is 5.84. The zero-order valence-electron chi connectivity index (χ0n) is 7.91. The summed E-state index contributed by atoms with van der Waals surface area (Å²) >= 11 is 0. The Morgan fingerprint density at radius 3 is 2.25 bits per heavy atom. The Morgan fingerprint density at radius 1 is 1.17 bits per heavy atom. The predicted octanol–water partition coefficient (Wildman–Crippen LogP) is 2.64. The van der Waals surface area contributed by atoms with E-state index in [9.17, 15) is 0 Å². The van der Waals surface area contributed by atoms with Crippen molar-refractivity contribution in [1.82, 2.24) is 0 Å². The lowest BCUT2D eigenvalue weighted by Crippen LogP contribution is -1.76. The number of aliphatic hydroxyl groups excluding tert-OH is 1. The maximum absolute atomic E-state index is 7.00. The van der Waals surface area contributed by atoms with Crippen LogP contribution < -0.4 is 0 Å². The first kappa shape index (κ1) is 10.9. The molecular weight excluding hydrogens is 148 g/mol. The van der Waals surface area contributed by atoms with Gasteiger partial charge in [-0.1, -0.05) is 36.4 Å². The summed E-state index contributed by atoms with van der Waals surface area (Å²) in [6.45, 7) is 4.15. The van der Waals surface area contributed by atoms with Crippen LogP contribution in [0, 0.1) is 6.92 Å². The second-order valence-corrected chi connectivity index (χ2v) is 2.36. The van der Waals surface area contributed by atoms with Crippen LogP contribution in [0.1, 0.15) is 18.1 Å². The lowest BCUT2D eigenvalue weighted by atomic mass is 10.1. The van der Waals surface area contributed by atoms with E-state index in [0.29, 0.717) is 0 Å². The van der Waals surface area contributed by atoms with Gasteiger partial charge in [0.1, 0.15) is 0 Å². The molecule has 0 heterocycles. The van der Waals surface area contributed by atoms with Crippen LogP contribution in [-0.2, 0) is 0 Å². The molecule has 0 bridgehead atoms. The molecule has 0 aliphatic carbocycles. The predicted molar refractivity (Wildman–Crippen MR) is 54.0 cm³/mol. The molecule has 1 N–H and O–H groups in total. The molecule has 0 radical (unpaired) electrons. The molecule has 12 heavy (non-hydrogen) atoms. The van der Waals surface area contributed by atoms with Gasteiger partial charge in [-0.15, -0.1) is 0 Å². The Labute approximate surface area is 74.4 Å². The van der Waals surface area contributed by atoms with Gasteiger partial charge in [-0.05, 0) is 25.0 Å². The summed E-state index contributed by atoms with van der Waals surface area (Å²) in [6.07, 6.45) is 4.18. The summed E-state index contributed by atoms with van der Waals surface area (Å²) in [4.78, 5) is 0. The van der Waals surface area contributed by atoms with Gasteiger partial charge in [0.15, 0.2) is 0 Å². The average Bonchev–Trinajstić information content (AvgIpc) is 2.13. The number of rotatable bonds is 1. The van der Waals surface area contributed by atoms with Gasteiger partial charge in [-0.25, -0.2) is 0 Å². The summed E-state index contributed by atoms with van der Waals surface area (Å²) < 4.78 is 0. The highest BCUT2D eigenvalue weighted by atomic mass is 16.2. The van der Waals surface area contributed by atoms with Crippen LogP contribution in [-0.4, -0.2) is 12.2 Å². The Balaban J connectivity index is 0.000000561. The van der Waals surface area contributed by atoms with Gasteiger partial charge in [0.25, 0.3) is 0 Å². The molecule has 1 heteroatoms. The topological polar surface area (TPSA) is 20.2 Å². The largest absolute Gasteiger partial charge is 0.400 e. The van der Waals surface area contributed by atoms with Crippen molar-refractivity contribution in [2.45, 2.75) is 13.8 Å². The van der Waals surface area contributed by atoms with Crippen molar-refractivity contribution >= 4 is 6.08 Å². The van der Waals surface area contributed by atoms with Gasteiger partial charge in [0.05, 0.1) is 0 Å². The molecule has 0 spiro atoms. The highest BCUT2D eigenvalue weighted by molar-refractivity contribution is 5.52. The van der Waals surface area contributed by atoms with Crippen molar-refractivity contribution in [3.63, 3.8) is 0 Å². The smallest absolute Gasteiger partial charge is 0.0319 e. The number of hydrogen-bond donors (Lipinski definition) is 1. The van der Waals surface area contributed by atoms with Crippen molar-refractivity contribution in [3.05, 3.63) is 41.5 Å². The van der Waals surface area contributed by atoms with Crippen LogP contribution in [0.15, 0.2) is 30.3 Å². The Bertz CT molecular complexity index is 239. The normalized spacial score (nSPS) is 9.33. The zero-order chi connectivity index (χ0) is 9.40. The van der Waals surface area contributed by atoms with E-state index >= 15 is 0 Å². The van der Waals surface area contributed by atoms with E-state index in [-0.39, 0.29) is 0 Å². The van der Waals surface area contributed by atoms with E-state index in [1.54, 1.807) is 0 Å². The second kappa shape index (κ2) is 6.62. The molecule has 1 aromatic carbocycles. The van der Waals surface area contributed by atoms with Gasteiger partial charge in [0.2, 0.25) is 0 Å². The minimum Gasteiger partial charge on any atom is -0.400 e. The minimum absolute atomic E-state index is 1.00. The van der Waals surface area contributed by atoms with Crippen molar-refractivity contribution in [1.29, 1.82) is 0 Å². The van der Waals surface area contributed by atoms with Crippen molar-refractivity contribution < 1.29 is 5.11 Å². The summed E-state index contributed by atoms with van der Waals surface area (Å²) in [7, 11) is 1.00. The summed E-state index contributed by atoms with van der Waals surface area (Å²) in [6, 6.07) is 8.36. The number of aryl methyl sites for hydroxylation is 1. The lowest BCUT2D eigenvalue weighted by Gasteiger charge is -1.96. The van der Waals surface area contributed by atoms with Crippen LogP contribution in [0.5, 0.6) is 0 Å². The Morgan fingerprint density at radius 2 is 1.75 bits per heavy atom. The molecule has 0 saturated carbocycles. The minimum atomic E-state index is 1.00. The first-order valence-electron chi connectivity index (χ1n) is 3.97. The molecular formula is C11H16O. The molecule has 1 rings (SSSR count). The van der Waals surface area contributed by atoms with E-state index in [1.165, 1.54) is 11.1 Å². The van der Waals surface area contributed by atoms with Crippen LogP contribution in [0.4, 0.5) is 0 Å². The monoisotopic (exact) mass is 164 g/mol. The fourth-order valence-corrected chi connectivity index (χ4v) is 0.953. The van der Waals surface area contributed by atoms with Crippen LogP contribution in [0.2, 0.25) is 0 Å². The van der Waals surface area contributed by atoms with Crippen molar-refractivity contribution in [3.8, 4) is 0 Å². The van der Waals surface area contributed by atoms with Crippen LogP contribution in [0.3, 0.4) is 0 Å². The number of hydrogen-bond acceptors (Lipinski definition) is 1. The van der Waals surface area contributed by atoms with Crippen LogP contribution in [0.25, 0.3) is 6.08 Å². The molecule has 0 unspecified atom stereocenters. The summed E-state index contributed by atoms with van der Waals surface area (Å²) in [5.41, 5.74) is 2.64. The standard InChI is InChI=1S/C10H12.CH4O/c1-3-6-10-8-5-4-7-9(10)2;1-2/h3-8H,1-2H3;2H,1H3/b6-3-;. The third-order valence-electron chi connectivity index (χ3n) is 1.53. The summed E-state index contributed by atoms with van der Waals surface area (Å²) in [5, 5.41) is 7.00. The highest BCUT2D eigenvalue weighted by Gasteiger charge is 1.87. The van der Waals surface area contributed by atoms with Gasteiger partial charge in [-0.2, -0.15) is 0 Å².